The molecule has 1 aliphatic heterocycles. The highest BCUT2D eigenvalue weighted by Crippen LogP contribution is 2.31. The van der Waals surface area contributed by atoms with Crippen LogP contribution < -0.4 is 5.32 Å². The predicted molar refractivity (Wildman–Crippen MR) is 76.2 cm³/mol. The molecule has 18 heavy (non-hydrogen) atoms. The van der Waals surface area contributed by atoms with Gasteiger partial charge in [-0.1, -0.05) is 41.0 Å². The Morgan fingerprint density at radius 2 is 2.00 bits per heavy atom. The Bertz CT molecular complexity index is 352. The third kappa shape index (κ3) is 3.14. The third-order valence-corrected chi connectivity index (χ3v) is 4.00. The molecule has 0 saturated heterocycles. The largest absolute Gasteiger partial charge is 0.329 e. The normalized spacial score (nSPS) is 24.8. The molecule has 1 unspecified atom stereocenters. The first-order chi connectivity index (χ1) is 8.18. The molecule has 0 aromatic rings. The van der Waals surface area contributed by atoms with Crippen molar-refractivity contribution in [2.75, 3.05) is 13.6 Å². The molecule has 0 bridgehead atoms. The van der Waals surface area contributed by atoms with Gasteiger partial charge in [0.25, 0.3) is 0 Å². The van der Waals surface area contributed by atoms with Crippen molar-refractivity contribution < 1.29 is 4.79 Å². The Morgan fingerprint density at radius 3 is 2.44 bits per heavy atom. The van der Waals surface area contributed by atoms with Crippen LogP contribution in [0.3, 0.4) is 0 Å². The molecule has 104 valence electrons. The second kappa shape index (κ2) is 5.43. The summed E-state index contributed by atoms with van der Waals surface area (Å²) < 4.78 is 0. The lowest BCUT2D eigenvalue weighted by Gasteiger charge is -2.31. The Balaban J connectivity index is 3.06. The molecule has 0 saturated carbocycles. The summed E-state index contributed by atoms with van der Waals surface area (Å²) in [6, 6.07) is -0.0233. The van der Waals surface area contributed by atoms with E-state index in [0.29, 0.717) is 5.92 Å². The highest BCUT2D eigenvalue weighted by molar-refractivity contribution is 5.84. The van der Waals surface area contributed by atoms with Crippen molar-refractivity contribution in [1.82, 2.24) is 10.2 Å². The van der Waals surface area contributed by atoms with E-state index in [1.165, 1.54) is 5.57 Å². The van der Waals surface area contributed by atoms with Gasteiger partial charge in [0, 0.05) is 12.2 Å². The summed E-state index contributed by atoms with van der Waals surface area (Å²) in [7, 11) is 2.06. The van der Waals surface area contributed by atoms with Gasteiger partial charge in [-0.15, -0.1) is 0 Å². The molecule has 1 amide bonds. The minimum atomic E-state index is -0.0233. The van der Waals surface area contributed by atoms with Gasteiger partial charge in [0.2, 0.25) is 5.91 Å². The Hall–Kier alpha value is -0.830. The number of nitrogens with zero attached hydrogens (tertiary/aromatic N) is 1. The monoisotopic (exact) mass is 252 g/mol. The second-order valence-corrected chi connectivity index (χ2v) is 6.59. The molecular formula is C15H28N2O. The van der Waals surface area contributed by atoms with Gasteiger partial charge in [-0.2, -0.15) is 0 Å². The number of carbonyl (C=O) groups is 1. The zero-order chi connectivity index (χ0) is 14.1. The molecule has 3 heteroatoms. The molecule has 2 atom stereocenters. The van der Waals surface area contributed by atoms with E-state index in [-0.39, 0.29) is 17.4 Å². The minimum Gasteiger partial charge on any atom is -0.329 e. The summed E-state index contributed by atoms with van der Waals surface area (Å²) >= 11 is 0. The molecule has 0 aromatic carbocycles. The van der Waals surface area contributed by atoms with Crippen LogP contribution in [-0.2, 0) is 4.79 Å². The van der Waals surface area contributed by atoms with Crippen molar-refractivity contribution in [2.24, 2.45) is 11.3 Å². The molecule has 0 aliphatic carbocycles. The van der Waals surface area contributed by atoms with Crippen molar-refractivity contribution in [2.45, 2.75) is 54.0 Å². The van der Waals surface area contributed by atoms with Crippen molar-refractivity contribution >= 4 is 5.91 Å². The van der Waals surface area contributed by atoms with Crippen LogP contribution in [0.2, 0.25) is 0 Å². The number of nitrogens with one attached hydrogen (secondary N) is 1. The van der Waals surface area contributed by atoms with Gasteiger partial charge in [-0.25, -0.2) is 0 Å². The average Bonchev–Trinajstić information content (AvgIpc) is 2.34. The topological polar surface area (TPSA) is 32.3 Å². The third-order valence-electron chi connectivity index (χ3n) is 4.00. The van der Waals surface area contributed by atoms with E-state index in [2.05, 4.69) is 51.9 Å². The first-order valence-electron chi connectivity index (χ1n) is 6.89. The van der Waals surface area contributed by atoms with Crippen LogP contribution in [0, 0.1) is 11.3 Å². The Morgan fingerprint density at radius 1 is 1.44 bits per heavy atom. The van der Waals surface area contributed by atoms with Crippen LogP contribution >= 0.6 is 0 Å². The zero-order valence-corrected chi connectivity index (χ0v) is 12.9. The van der Waals surface area contributed by atoms with E-state index in [9.17, 15) is 4.79 Å². The van der Waals surface area contributed by atoms with Crippen LogP contribution in [0.4, 0.5) is 0 Å². The number of carbonyl (C=O) groups excluding carboxylic acids is 1. The van der Waals surface area contributed by atoms with Gasteiger partial charge in [-0.05, 0) is 30.9 Å². The molecule has 1 heterocycles. The maximum absolute atomic E-state index is 12.3. The summed E-state index contributed by atoms with van der Waals surface area (Å²) in [6.07, 6.45) is 1.02. The van der Waals surface area contributed by atoms with E-state index in [4.69, 9.17) is 0 Å². The van der Waals surface area contributed by atoms with Gasteiger partial charge in [0.15, 0.2) is 0 Å². The van der Waals surface area contributed by atoms with Gasteiger partial charge in [-0.3, -0.25) is 9.69 Å². The molecule has 1 N–H and O–H groups in total. The number of hydrogen-bond acceptors (Lipinski definition) is 2. The van der Waals surface area contributed by atoms with E-state index in [1.54, 1.807) is 0 Å². The number of rotatable bonds is 2. The highest BCUT2D eigenvalue weighted by atomic mass is 16.2. The lowest BCUT2D eigenvalue weighted by Crippen LogP contribution is -2.46. The van der Waals surface area contributed by atoms with Crippen LogP contribution in [0.25, 0.3) is 0 Å². The van der Waals surface area contributed by atoms with E-state index in [0.717, 1.165) is 18.7 Å². The molecule has 0 fully saturated rings. The SMILES string of the molecule is CCC(C)[C@H]1C(=O)NC(C)=C(C(C)(C)C)CN1C. The first kappa shape index (κ1) is 15.2. The lowest BCUT2D eigenvalue weighted by molar-refractivity contribution is -0.126. The summed E-state index contributed by atoms with van der Waals surface area (Å²) in [5.41, 5.74) is 2.45. The van der Waals surface area contributed by atoms with Crippen molar-refractivity contribution in [1.29, 1.82) is 0 Å². The first-order valence-corrected chi connectivity index (χ1v) is 6.89. The number of allylic oxidation sites excluding steroid dienone is 1. The standard InChI is InChI=1S/C15H28N2O/c1-8-10(2)13-14(18)16-11(3)12(9-17(13)7)15(4,5)6/h10,13H,8-9H2,1-7H3,(H,16,18)/t10?,13-/m0/s1. The molecule has 1 rings (SSSR count). The Kier molecular flexibility index (Phi) is 4.60. The quantitative estimate of drug-likeness (QED) is 0.819. The van der Waals surface area contributed by atoms with E-state index in [1.807, 2.05) is 6.92 Å². The summed E-state index contributed by atoms with van der Waals surface area (Å²) in [6.45, 7) is 13.8. The van der Waals surface area contributed by atoms with Crippen LogP contribution in [-0.4, -0.2) is 30.4 Å². The molecule has 0 spiro atoms. The second-order valence-electron chi connectivity index (χ2n) is 6.59. The number of amides is 1. The van der Waals surface area contributed by atoms with Crippen LogP contribution in [0.15, 0.2) is 11.3 Å². The van der Waals surface area contributed by atoms with Gasteiger partial charge < -0.3 is 5.32 Å². The zero-order valence-electron chi connectivity index (χ0n) is 12.9. The number of hydrogen-bond donors (Lipinski definition) is 1. The molecule has 3 nitrogen and oxygen atoms in total. The lowest BCUT2D eigenvalue weighted by atomic mass is 9.85. The van der Waals surface area contributed by atoms with E-state index >= 15 is 0 Å². The molecule has 0 aromatic heterocycles. The fraction of sp³-hybridized carbons (Fsp3) is 0.800. The fourth-order valence-electron chi connectivity index (χ4n) is 2.72. The van der Waals surface area contributed by atoms with Gasteiger partial charge in [0.1, 0.15) is 0 Å². The van der Waals surface area contributed by atoms with Gasteiger partial charge in [0.05, 0.1) is 6.04 Å². The smallest absolute Gasteiger partial charge is 0.241 e. The van der Waals surface area contributed by atoms with Gasteiger partial charge >= 0.3 is 0 Å². The van der Waals surface area contributed by atoms with E-state index < -0.39 is 0 Å². The maximum Gasteiger partial charge on any atom is 0.241 e. The predicted octanol–water partition coefficient (Wildman–Crippen LogP) is 2.78. The minimum absolute atomic E-state index is 0.0233. The summed E-state index contributed by atoms with van der Waals surface area (Å²) in [5.74, 6) is 0.519. The van der Waals surface area contributed by atoms with Crippen LogP contribution in [0.1, 0.15) is 48.0 Å². The van der Waals surface area contributed by atoms with Crippen molar-refractivity contribution in [3.63, 3.8) is 0 Å². The fourth-order valence-corrected chi connectivity index (χ4v) is 2.72. The summed E-state index contributed by atoms with van der Waals surface area (Å²) in [4.78, 5) is 14.5. The van der Waals surface area contributed by atoms with Crippen LogP contribution in [0.5, 0.6) is 0 Å². The summed E-state index contributed by atoms with van der Waals surface area (Å²) in [5, 5.41) is 3.09. The molecule has 1 aliphatic rings. The molecular weight excluding hydrogens is 224 g/mol. The molecule has 0 radical (unpaired) electrons. The Labute approximate surface area is 112 Å². The highest BCUT2D eigenvalue weighted by Gasteiger charge is 2.34. The van der Waals surface area contributed by atoms with Crippen molar-refractivity contribution in [3.8, 4) is 0 Å². The van der Waals surface area contributed by atoms with Crippen molar-refractivity contribution in [3.05, 3.63) is 11.3 Å². The maximum atomic E-state index is 12.3. The average molecular weight is 252 g/mol. The number of likely N-dealkylation sites (N-methyl/N-ethyl adjacent to an activating group) is 1.